The number of amides is 1. The number of hydrogen-bond donors (Lipinski definition) is 0. The van der Waals surface area contributed by atoms with E-state index < -0.39 is 0 Å². The molecular formula is C20H23NO2. The highest BCUT2D eigenvalue weighted by Crippen LogP contribution is 2.22. The minimum Gasteiger partial charge on any atom is -0.488 e. The molecule has 0 spiro atoms. The maximum absolute atomic E-state index is 12.8. The fraction of sp³-hybridized carbons (Fsp3) is 0.350. The molecule has 0 aliphatic carbocycles. The number of likely N-dealkylation sites (tertiary alicyclic amines) is 1. The Morgan fingerprint density at radius 3 is 2.26 bits per heavy atom. The Kier molecular flexibility index (Phi) is 5.30. The van der Waals surface area contributed by atoms with Crippen molar-refractivity contribution in [1.29, 1.82) is 0 Å². The molecule has 1 amide bonds. The molecule has 2 aromatic rings. The first-order valence-electron chi connectivity index (χ1n) is 8.39. The fourth-order valence-electron chi connectivity index (χ4n) is 2.95. The highest BCUT2D eigenvalue weighted by molar-refractivity contribution is 5.97. The highest BCUT2D eigenvalue weighted by atomic mass is 16.5. The second kappa shape index (κ2) is 7.82. The van der Waals surface area contributed by atoms with E-state index in [9.17, 15) is 4.79 Å². The van der Waals surface area contributed by atoms with Gasteiger partial charge in [0.15, 0.2) is 0 Å². The minimum atomic E-state index is 0.0931. The van der Waals surface area contributed by atoms with Gasteiger partial charge in [-0.05, 0) is 30.5 Å². The lowest BCUT2D eigenvalue weighted by Gasteiger charge is -2.21. The number of hydrogen-bond acceptors (Lipinski definition) is 2. The van der Waals surface area contributed by atoms with E-state index in [4.69, 9.17) is 4.74 Å². The molecule has 23 heavy (non-hydrogen) atoms. The Hall–Kier alpha value is -2.29. The molecule has 1 fully saturated rings. The quantitative estimate of drug-likeness (QED) is 0.843. The Bertz CT molecular complexity index is 631. The average molecular weight is 309 g/mol. The number of carbonyl (C=O) groups excluding carboxylic acids is 1. The van der Waals surface area contributed by atoms with Gasteiger partial charge in [0, 0.05) is 13.1 Å². The van der Waals surface area contributed by atoms with Crippen molar-refractivity contribution < 1.29 is 9.53 Å². The van der Waals surface area contributed by atoms with Crippen LogP contribution in [0.15, 0.2) is 54.6 Å². The lowest BCUT2D eigenvalue weighted by Crippen LogP contribution is -2.32. The van der Waals surface area contributed by atoms with E-state index >= 15 is 0 Å². The van der Waals surface area contributed by atoms with E-state index in [-0.39, 0.29) is 5.91 Å². The molecule has 1 heterocycles. The van der Waals surface area contributed by atoms with Crippen molar-refractivity contribution in [3.8, 4) is 5.75 Å². The van der Waals surface area contributed by atoms with Crippen LogP contribution in [0.3, 0.4) is 0 Å². The monoisotopic (exact) mass is 309 g/mol. The summed E-state index contributed by atoms with van der Waals surface area (Å²) in [5.74, 6) is 0.765. The zero-order chi connectivity index (χ0) is 15.9. The standard InChI is InChI=1S/C20H23NO2/c22-20(21-14-8-1-2-9-15-21)18-12-6-7-13-19(18)23-16-17-10-4-3-5-11-17/h3-7,10-13H,1-2,8-9,14-16H2. The molecule has 1 aliphatic heterocycles. The first-order valence-corrected chi connectivity index (χ1v) is 8.39. The van der Waals surface area contributed by atoms with E-state index in [0.29, 0.717) is 17.9 Å². The molecule has 1 saturated heterocycles. The summed E-state index contributed by atoms with van der Waals surface area (Å²) < 4.78 is 5.92. The summed E-state index contributed by atoms with van der Waals surface area (Å²) in [6.07, 6.45) is 4.63. The normalized spacial score (nSPS) is 15.0. The van der Waals surface area contributed by atoms with E-state index in [1.165, 1.54) is 12.8 Å². The summed E-state index contributed by atoms with van der Waals surface area (Å²) in [5.41, 5.74) is 1.77. The Labute approximate surface area is 137 Å². The molecule has 0 atom stereocenters. The van der Waals surface area contributed by atoms with Crippen LogP contribution < -0.4 is 4.74 Å². The number of para-hydroxylation sites is 1. The summed E-state index contributed by atoms with van der Waals surface area (Å²) >= 11 is 0. The van der Waals surface area contributed by atoms with Crippen LogP contribution in [0, 0.1) is 0 Å². The summed E-state index contributed by atoms with van der Waals surface area (Å²) in [6, 6.07) is 17.6. The van der Waals surface area contributed by atoms with Crippen molar-refractivity contribution in [2.24, 2.45) is 0 Å². The fourth-order valence-corrected chi connectivity index (χ4v) is 2.95. The van der Waals surface area contributed by atoms with Gasteiger partial charge in [-0.1, -0.05) is 55.3 Å². The smallest absolute Gasteiger partial charge is 0.257 e. The van der Waals surface area contributed by atoms with Crippen molar-refractivity contribution in [3.63, 3.8) is 0 Å². The maximum Gasteiger partial charge on any atom is 0.257 e. The summed E-state index contributed by atoms with van der Waals surface area (Å²) in [5, 5.41) is 0. The predicted molar refractivity (Wildman–Crippen MR) is 91.6 cm³/mol. The van der Waals surface area contributed by atoms with E-state index in [1.54, 1.807) is 0 Å². The van der Waals surface area contributed by atoms with Crippen molar-refractivity contribution in [2.45, 2.75) is 32.3 Å². The number of benzene rings is 2. The van der Waals surface area contributed by atoms with Crippen molar-refractivity contribution >= 4 is 5.91 Å². The van der Waals surface area contributed by atoms with Gasteiger partial charge in [-0.25, -0.2) is 0 Å². The first kappa shape index (κ1) is 15.6. The third kappa shape index (κ3) is 4.13. The van der Waals surface area contributed by atoms with Crippen LogP contribution in [0.2, 0.25) is 0 Å². The molecule has 0 N–H and O–H groups in total. The molecule has 2 aromatic carbocycles. The van der Waals surface area contributed by atoms with Crippen LogP contribution in [0.4, 0.5) is 0 Å². The maximum atomic E-state index is 12.8. The van der Waals surface area contributed by atoms with Crippen molar-refractivity contribution in [3.05, 3.63) is 65.7 Å². The van der Waals surface area contributed by atoms with Gasteiger partial charge in [-0.3, -0.25) is 4.79 Å². The Morgan fingerprint density at radius 1 is 0.870 bits per heavy atom. The van der Waals surface area contributed by atoms with Crippen LogP contribution in [-0.4, -0.2) is 23.9 Å². The van der Waals surface area contributed by atoms with Gasteiger partial charge in [0.25, 0.3) is 5.91 Å². The molecule has 0 saturated carbocycles. The lowest BCUT2D eigenvalue weighted by molar-refractivity contribution is 0.0756. The second-order valence-electron chi connectivity index (χ2n) is 5.98. The number of nitrogens with zero attached hydrogens (tertiary/aromatic N) is 1. The Balaban J connectivity index is 1.73. The van der Waals surface area contributed by atoms with Gasteiger partial charge < -0.3 is 9.64 Å². The van der Waals surface area contributed by atoms with Crippen LogP contribution in [-0.2, 0) is 6.61 Å². The molecule has 3 nitrogen and oxygen atoms in total. The van der Waals surface area contributed by atoms with Crippen LogP contribution in [0.25, 0.3) is 0 Å². The van der Waals surface area contributed by atoms with Crippen LogP contribution in [0.1, 0.15) is 41.6 Å². The molecule has 0 bridgehead atoms. The summed E-state index contributed by atoms with van der Waals surface area (Å²) in [7, 11) is 0. The SMILES string of the molecule is O=C(c1ccccc1OCc1ccccc1)N1CCCCCC1. The van der Waals surface area contributed by atoms with Gasteiger partial charge in [0.05, 0.1) is 5.56 Å². The molecular weight excluding hydrogens is 286 g/mol. The summed E-state index contributed by atoms with van der Waals surface area (Å²) in [4.78, 5) is 14.8. The largest absolute Gasteiger partial charge is 0.488 e. The molecule has 0 unspecified atom stereocenters. The predicted octanol–water partition coefficient (Wildman–Crippen LogP) is 4.28. The molecule has 0 aromatic heterocycles. The topological polar surface area (TPSA) is 29.5 Å². The van der Waals surface area contributed by atoms with Crippen molar-refractivity contribution in [2.75, 3.05) is 13.1 Å². The van der Waals surface area contributed by atoms with Crippen molar-refractivity contribution in [1.82, 2.24) is 4.90 Å². The summed E-state index contributed by atoms with van der Waals surface area (Å²) in [6.45, 7) is 2.18. The number of ether oxygens (including phenoxy) is 1. The third-order valence-electron chi connectivity index (χ3n) is 4.25. The third-order valence-corrected chi connectivity index (χ3v) is 4.25. The lowest BCUT2D eigenvalue weighted by atomic mass is 10.1. The van der Waals surface area contributed by atoms with E-state index in [2.05, 4.69) is 0 Å². The molecule has 3 heteroatoms. The van der Waals surface area contributed by atoms with Gasteiger partial charge >= 0.3 is 0 Å². The minimum absolute atomic E-state index is 0.0931. The van der Waals surface area contributed by atoms with Gasteiger partial charge in [0.2, 0.25) is 0 Å². The molecule has 0 radical (unpaired) electrons. The van der Waals surface area contributed by atoms with Crippen LogP contribution >= 0.6 is 0 Å². The first-order chi connectivity index (χ1) is 11.3. The zero-order valence-corrected chi connectivity index (χ0v) is 13.4. The Morgan fingerprint density at radius 2 is 1.52 bits per heavy atom. The van der Waals surface area contributed by atoms with Crippen LogP contribution in [0.5, 0.6) is 5.75 Å². The molecule has 3 rings (SSSR count). The van der Waals surface area contributed by atoms with Gasteiger partial charge in [0.1, 0.15) is 12.4 Å². The zero-order valence-electron chi connectivity index (χ0n) is 13.4. The van der Waals surface area contributed by atoms with E-state index in [1.807, 2.05) is 59.5 Å². The number of rotatable bonds is 4. The van der Waals surface area contributed by atoms with Gasteiger partial charge in [-0.2, -0.15) is 0 Å². The second-order valence-corrected chi connectivity index (χ2v) is 5.98. The van der Waals surface area contributed by atoms with Gasteiger partial charge in [-0.15, -0.1) is 0 Å². The number of carbonyl (C=O) groups is 1. The average Bonchev–Trinajstić information content (AvgIpc) is 2.90. The molecule has 120 valence electrons. The highest BCUT2D eigenvalue weighted by Gasteiger charge is 2.20. The van der Waals surface area contributed by atoms with E-state index in [0.717, 1.165) is 31.5 Å². The molecule has 1 aliphatic rings.